The van der Waals surface area contributed by atoms with Crippen molar-refractivity contribution in [1.29, 1.82) is 0 Å². The number of carboxylic acids is 1. The second-order valence-electron chi connectivity index (χ2n) is 1.88. The van der Waals surface area contributed by atoms with E-state index in [1.165, 1.54) is 7.11 Å². The highest BCUT2D eigenvalue weighted by molar-refractivity contribution is 6.67. The van der Waals surface area contributed by atoms with Gasteiger partial charge in [0.05, 0.1) is 0 Å². The fourth-order valence-corrected chi connectivity index (χ4v) is 0.902. The first kappa shape index (κ1) is 11.3. The number of alkyl halides is 3. The fourth-order valence-electron chi connectivity index (χ4n) is 0.482. The summed E-state index contributed by atoms with van der Waals surface area (Å²) in [5.74, 6) is -1.14. The second-order valence-corrected chi connectivity index (χ2v) is 4.40. The number of carbonyl (C=O) groups is 1. The summed E-state index contributed by atoms with van der Waals surface area (Å²) in [7, 11) is 1.25. The Morgan fingerprint density at radius 2 is 2.09 bits per heavy atom. The van der Waals surface area contributed by atoms with Crippen LogP contribution in [0.15, 0.2) is 0 Å². The van der Waals surface area contributed by atoms with Crippen molar-refractivity contribution >= 4 is 40.8 Å². The molecule has 1 N–H and O–H groups in total. The molecule has 0 spiro atoms. The Labute approximate surface area is 79.2 Å². The molecule has 1 unspecified atom stereocenters. The molecule has 0 fully saturated rings. The summed E-state index contributed by atoms with van der Waals surface area (Å²) in [4.78, 5) is 10.3. The lowest BCUT2D eigenvalue weighted by Gasteiger charge is -2.15. The maximum Gasteiger partial charge on any atom is 0.332 e. The van der Waals surface area contributed by atoms with Gasteiger partial charge in [0.15, 0.2) is 9.90 Å². The van der Waals surface area contributed by atoms with Crippen LogP contribution in [0.1, 0.15) is 6.42 Å². The predicted molar refractivity (Wildman–Crippen MR) is 43.3 cm³/mol. The number of carboxylic acid groups (broad SMARTS) is 1. The van der Waals surface area contributed by atoms with E-state index in [2.05, 4.69) is 4.74 Å². The maximum atomic E-state index is 10.3. The van der Waals surface area contributed by atoms with Gasteiger partial charge < -0.3 is 9.84 Å². The van der Waals surface area contributed by atoms with Gasteiger partial charge in [-0.2, -0.15) is 0 Å². The van der Waals surface area contributed by atoms with E-state index in [4.69, 9.17) is 39.9 Å². The molecule has 0 aromatic carbocycles. The van der Waals surface area contributed by atoms with Crippen LogP contribution >= 0.6 is 34.8 Å². The third kappa shape index (κ3) is 5.56. The lowest BCUT2D eigenvalue weighted by Crippen LogP contribution is -2.27. The lowest BCUT2D eigenvalue weighted by atomic mass is 10.3. The molecule has 0 radical (unpaired) electrons. The smallest absolute Gasteiger partial charge is 0.332 e. The minimum absolute atomic E-state index is 0.163. The number of methoxy groups -OCH3 is 1. The van der Waals surface area contributed by atoms with E-state index in [1.807, 2.05) is 0 Å². The summed E-state index contributed by atoms with van der Waals surface area (Å²) in [6, 6.07) is 0. The number of rotatable bonds is 3. The first-order valence-corrected chi connectivity index (χ1v) is 3.82. The Morgan fingerprint density at radius 3 is 2.18 bits per heavy atom. The molecule has 0 aromatic rings. The van der Waals surface area contributed by atoms with E-state index < -0.39 is 15.9 Å². The van der Waals surface area contributed by atoms with E-state index >= 15 is 0 Å². The van der Waals surface area contributed by atoms with Gasteiger partial charge >= 0.3 is 5.97 Å². The maximum absolute atomic E-state index is 10.3. The molecule has 0 aliphatic carbocycles. The van der Waals surface area contributed by atoms with Crippen LogP contribution in [-0.2, 0) is 9.53 Å². The predicted octanol–water partition coefficient (Wildman–Crippen LogP) is 1.85. The Kier molecular flexibility index (Phi) is 4.48. The van der Waals surface area contributed by atoms with Crippen molar-refractivity contribution in [3.8, 4) is 0 Å². The van der Waals surface area contributed by atoms with Gasteiger partial charge in [0, 0.05) is 13.5 Å². The van der Waals surface area contributed by atoms with Crippen molar-refractivity contribution in [3.63, 3.8) is 0 Å². The highest BCUT2D eigenvalue weighted by Crippen LogP contribution is 2.31. The van der Waals surface area contributed by atoms with Gasteiger partial charge in [0.1, 0.15) is 0 Å². The molecule has 6 heteroatoms. The van der Waals surface area contributed by atoms with Crippen LogP contribution < -0.4 is 0 Å². The van der Waals surface area contributed by atoms with Crippen molar-refractivity contribution in [2.24, 2.45) is 0 Å². The van der Waals surface area contributed by atoms with Crippen LogP contribution in [-0.4, -0.2) is 28.1 Å². The fraction of sp³-hybridized carbons (Fsp3) is 0.800. The lowest BCUT2D eigenvalue weighted by molar-refractivity contribution is -0.148. The van der Waals surface area contributed by atoms with Crippen molar-refractivity contribution < 1.29 is 14.6 Å². The monoisotopic (exact) mass is 220 g/mol. The van der Waals surface area contributed by atoms with Crippen molar-refractivity contribution in [1.82, 2.24) is 0 Å². The molecule has 0 aliphatic rings. The number of hydrogen-bond donors (Lipinski definition) is 1. The van der Waals surface area contributed by atoms with E-state index in [-0.39, 0.29) is 6.42 Å². The van der Waals surface area contributed by atoms with E-state index in [9.17, 15) is 4.79 Å². The Morgan fingerprint density at radius 1 is 1.64 bits per heavy atom. The summed E-state index contributed by atoms with van der Waals surface area (Å²) in [6.07, 6.45) is -1.23. The Bertz CT molecular complexity index is 142. The molecule has 0 bridgehead atoms. The Balaban J connectivity index is 3.99. The molecule has 0 rings (SSSR count). The molecule has 0 aromatic heterocycles. The largest absolute Gasteiger partial charge is 0.479 e. The molecular weight excluding hydrogens is 214 g/mol. The average Bonchev–Trinajstić information content (AvgIpc) is 1.80. The van der Waals surface area contributed by atoms with Crippen LogP contribution in [0, 0.1) is 0 Å². The highest BCUT2D eigenvalue weighted by Gasteiger charge is 2.29. The van der Waals surface area contributed by atoms with E-state index in [0.29, 0.717) is 0 Å². The summed E-state index contributed by atoms with van der Waals surface area (Å²) in [5, 5.41) is 8.44. The minimum atomic E-state index is -1.58. The van der Waals surface area contributed by atoms with Crippen LogP contribution in [0.25, 0.3) is 0 Å². The molecule has 0 aliphatic heterocycles. The number of ether oxygens (including phenoxy) is 1. The summed E-state index contributed by atoms with van der Waals surface area (Å²) < 4.78 is 2.95. The molecule has 66 valence electrons. The summed E-state index contributed by atoms with van der Waals surface area (Å²) >= 11 is 16.0. The zero-order valence-electron chi connectivity index (χ0n) is 5.68. The molecular formula is C5H7Cl3O3. The topological polar surface area (TPSA) is 46.5 Å². The zero-order chi connectivity index (χ0) is 9.07. The van der Waals surface area contributed by atoms with Crippen molar-refractivity contribution in [2.75, 3.05) is 7.11 Å². The first-order chi connectivity index (χ1) is 4.87. The van der Waals surface area contributed by atoms with Crippen LogP contribution in [0.4, 0.5) is 0 Å². The van der Waals surface area contributed by atoms with Gasteiger partial charge in [-0.15, -0.1) is 0 Å². The minimum Gasteiger partial charge on any atom is -0.479 e. The van der Waals surface area contributed by atoms with Gasteiger partial charge in [0.2, 0.25) is 0 Å². The van der Waals surface area contributed by atoms with Gasteiger partial charge in [-0.1, -0.05) is 34.8 Å². The van der Waals surface area contributed by atoms with Gasteiger partial charge in [-0.05, 0) is 0 Å². The quantitative estimate of drug-likeness (QED) is 0.740. The van der Waals surface area contributed by atoms with Crippen LogP contribution in [0.5, 0.6) is 0 Å². The number of aliphatic carboxylic acids is 1. The molecule has 11 heavy (non-hydrogen) atoms. The molecule has 0 saturated heterocycles. The SMILES string of the molecule is COC(CC(Cl)(Cl)Cl)C(=O)O. The third-order valence-electron chi connectivity index (χ3n) is 0.977. The van der Waals surface area contributed by atoms with Gasteiger partial charge in [0.25, 0.3) is 0 Å². The van der Waals surface area contributed by atoms with E-state index in [0.717, 1.165) is 0 Å². The number of hydrogen-bond acceptors (Lipinski definition) is 2. The molecule has 3 nitrogen and oxygen atoms in total. The van der Waals surface area contributed by atoms with Crippen LogP contribution in [0.3, 0.4) is 0 Å². The third-order valence-corrected chi connectivity index (χ3v) is 1.44. The summed E-state index contributed by atoms with van der Waals surface area (Å²) in [6.45, 7) is 0. The number of halogens is 3. The van der Waals surface area contributed by atoms with Crippen molar-refractivity contribution in [3.05, 3.63) is 0 Å². The van der Waals surface area contributed by atoms with Crippen LogP contribution in [0.2, 0.25) is 0 Å². The zero-order valence-corrected chi connectivity index (χ0v) is 7.95. The average molecular weight is 221 g/mol. The normalized spacial score (nSPS) is 14.5. The molecule has 1 atom stereocenters. The molecule has 0 amide bonds. The molecule has 0 heterocycles. The highest BCUT2D eigenvalue weighted by atomic mass is 35.6. The van der Waals surface area contributed by atoms with E-state index in [1.54, 1.807) is 0 Å². The molecule has 0 saturated carbocycles. The second kappa shape index (κ2) is 4.36. The standard InChI is InChI=1S/C5H7Cl3O3/c1-11-3(4(9)10)2-5(6,7)8/h3H,2H2,1H3,(H,9,10). The first-order valence-electron chi connectivity index (χ1n) is 2.69. The van der Waals surface area contributed by atoms with Gasteiger partial charge in [-0.25, -0.2) is 4.79 Å². The Hall–Kier alpha value is 0.300. The summed E-state index contributed by atoms with van der Waals surface area (Å²) in [5.41, 5.74) is 0. The van der Waals surface area contributed by atoms with Gasteiger partial charge in [-0.3, -0.25) is 0 Å². The van der Waals surface area contributed by atoms with Crippen molar-refractivity contribution in [2.45, 2.75) is 16.3 Å².